The largest absolute Gasteiger partial charge is 0.497 e. The van der Waals surface area contributed by atoms with Crippen LogP contribution in [0.2, 0.25) is 0 Å². The van der Waals surface area contributed by atoms with E-state index >= 15 is 0 Å². The van der Waals surface area contributed by atoms with Crippen molar-refractivity contribution in [2.24, 2.45) is 5.10 Å². The molecule has 0 bridgehead atoms. The first-order chi connectivity index (χ1) is 18.1. The Bertz CT molecular complexity index is 1430. The summed E-state index contributed by atoms with van der Waals surface area (Å²) in [5, 5.41) is 8.34. The van der Waals surface area contributed by atoms with Crippen molar-refractivity contribution >= 4 is 28.4 Å². The maximum atomic E-state index is 13.3. The number of carbonyl (C=O) groups excluding carboxylic acids is 2. The van der Waals surface area contributed by atoms with Crippen molar-refractivity contribution in [3.8, 4) is 5.75 Å². The van der Waals surface area contributed by atoms with Gasteiger partial charge < -0.3 is 9.47 Å². The van der Waals surface area contributed by atoms with Gasteiger partial charge in [-0.2, -0.15) is 5.10 Å². The van der Waals surface area contributed by atoms with Crippen molar-refractivity contribution in [3.05, 3.63) is 114 Å². The molecule has 1 atom stereocenters. The average Bonchev–Trinajstić information content (AvgIpc) is 3.41. The van der Waals surface area contributed by atoms with Gasteiger partial charge in [0.1, 0.15) is 12.4 Å². The number of benzene rings is 4. The van der Waals surface area contributed by atoms with E-state index in [4.69, 9.17) is 9.47 Å². The lowest BCUT2D eigenvalue weighted by Gasteiger charge is -2.22. The van der Waals surface area contributed by atoms with Crippen LogP contribution in [-0.4, -0.2) is 29.7 Å². The van der Waals surface area contributed by atoms with Crippen molar-refractivity contribution in [1.82, 2.24) is 5.01 Å². The Morgan fingerprint density at radius 2 is 1.59 bits per heavy atom. The average molecular weight is 493 g/mol. The minimum Gasteiger partial charge on any atom is -0.497 e. The molecule has 37 heavy (non-hydrogen) atoms. The van der Waals surface area contributed by atoms with E-state index in [1.165, 1.54) is 5.01 Å². The molecule has 0 aliphatic carbocycles. The van der Waals surface area contributed by atoms with Gasteiger partial charge in [-0.15, -0.1) is 0 Å². The summed E-state index contributed by atoms with van der Waals surface area (Å²) < 4.78 is 10.8. The van der Waals surface area contributed by atoms with E-state index in [1.807, 2.05) is 97.1 Å². The van der Waals surface area contributed by atoms with E-state index in [1.54, 1.807) is 7.11 Å². The van der Waals surface area contributed by atoms with E-state index in [0.717, 1.165) is 38.9 Å². The number of rotatable bonds is 8. The van der Waals surface area contributed by atoms with E-state index in [-0.39, 0.29) is 31.4 Å². The fourth-order valence-electron chi connectivity index (χ4n) is 4.60. The first-order valence-electron chi connectivity index (χ1n) is 12.3. The van der Waals surface area contributed by atoms with Gasteiger partial charge in [-0.1, -0.05) is 84.9 Å². The molecule has 1 heterocycles. The molecule has 6 nitrogen and oxygen atoms in total. The predicted molar refractivity (Wildman–Crippen MR) is 143 cm³/mol. The van der Waals surface area contributed by atoms with Gasteiger partial charge in [0.05, 0.1) is 25.3 Å². The number of fused-ring (bicyclic) bond motifs is 1. The Balaban J connectivity index is 1.26. The summed E-state index contributed by atoms with van der Waals surface area (Å²) in [5.41, 5.74) is 3.72. The third kappa shape index (κ3) is 5.54. The maximum absolute atomic E-state index is 13.3. The molecule has 1 amide bonds. The fourth-order valence-corrected chi connectivity index (χ4v) is 4.60. The van der Waals surface area contributed by atoms with Crippen molar-refractivity contribution in [3.63, 3.8) is 0 Å². The number of hydrazone groups is 1. The van der Waals surface area contributed by atoms with Crippen LogP contribution in [-0.2, 0) is 20.9 Å². The summed E-state index contributed by atoms with van der Waals surface area (Å²) in [6, 6.07) is 31.1. The van der Waals surface area contributed by atoms with Gasteiger partial charge in [-0.05, 0) is 39.6 Å². The summed E-state index contributed by atoms with van der Waals surface area (Å²) in [5.74, 6) is 0.125. The van der Waals surface area contributed by atoms with Crippen LogP contribution in [0.4, 0.5) is 0 Å². The zero-order valence-electron chi connectivity index (χ0n) is 20.7. The van der Waals surface area contributed by atoms with Gasteiger partial charge in [0.2, 0.25) is 5.91 Å². The molecule has 1 aliphatic rings. The Labute approximate surface area is 216 Å². The molecule has 186 valence electrons. The van der Waals surface area contributed by atoms with Crippen molar-refractivity contribution in [2.45, 2.75) is 31.9 Å². The van der Waals surface area contributed by atoms with Crippen LogP contribution >= 0.6 is 0 Å². The lowest BCUT2D eigenvalue weighted by molar-refractivity contribution is -0.147. The molecule has 4 aromatic carbocycles. The summed E-state index contributed by atoms with van der Waals surface area (Å²) in [6.45, 7) is 0.170. The first-order valence-corrected chi connectivity index (χ1v) is 12.3. The number of methoxy groups -OCH3 is 1. The molecule has 5 rings (SSSR count). The monoisotopic (exact) mass is 492 g/mol. The fraction of sp³-hybridized carbons (Fsp3) is 0.194. The van der Waals surface area contributed by atoms with Crippen LogP contribution in [0.15, 0.2) is 102 Å². The van der Waals surface area contributed by atoms with Crippen LogP contribution < -0.4 is 4.74 Å². The molecule has 0 saturated heterocycles. The molecule has 0 unspecified atom stereocenters. The number of nitrogens with zero attached hydrogens (tertiary/aromatic N) is 2. The van der Waals surface area contributed by atoms with Gasteiger partial charge in [0.25, 0.3) is 0 Å². The van der Waals surface area contributed by atoms with Gasteiger partial charge in [-0.25, -0.2) is 5.01 Å². The molecule has 0 aromatic heterocycles. The van der Waals surface area contributed by atoms with E-state index in [0.29, 0.717) is 6.42 Å². The third-order valence-electron chi connectivity index (χ3n) is 6.59. The topological polar surface area (TPSA) is 68.2 Å². The van der Waals surface area contributed by atoms with E-state index in [9.17, 15) is 9.59 Å². The molecule has 0 fully saturated rings. The Morgan fingerprint density at radius 3 is 2.38 bits per heavy atom. The second kappa shape index (κ2) is 11.1. The summed E-state index contributed by atoms with van der Waals surface area (Å²) in [7, 11) is 1.62. The Hall–Kier alpha value is -4.45. The predicted octanol–water partition coefficient (Wildman–Crippen LogP) is 6.05. The number of hydrogen-bond acceptors (Lipinski definition) is 5. The molecule has 1 aliphatic heterocycles. The van der Waals surface area contributed by atoms with Crippen LogP contribution in [0.5, 0.6) is 5.75 Å². The lowest BCUT2D eigenvalue weighted by Crippen LogP contribution is -2.27. The SMILES string of the molecule is COc1ccc([C@@H]2CC(c3ccccc3)=NN2C(=O)CCC(=O)OCc2cccc3ccccc23)cc1. The zero-order chi connectivity index (χ0) is 25.6. The highest BCUT2D eigenvalue weighted by molar-refractivity contribution is 6.03. The van der Waals surface area contributed by atoms with Gasteiger partial charge >= 0.3 is 5.97 Å². The highest BCUT2D eigenvalue weighted by Gasteiger charge is 2.33. The van der Waals surface area contributed by atoms with Crippen LogP contribution in [0.3, 0.4) is 0 Å². The summed E-state index contributed by atoms with van der Waals surface area (Å²) in [6.07, 6.45) is 0.603. The molecular formula is C31H28N2O4. The number of carbonyl (C=O) groups is 2. The van der Waals surface area contributed by atoms with Gasteiger partial charge in [0.15, 0.2) is 0 Å². The molecule has 0 N–H and O–H groups in total. The van der Waals surface area contributed by atoms with Gasteiger partial charge in [-0.3, -0.25) is 9.59 Å². The Kier molecular flexibility index (Phi) is 7.26. The molecular weight excluding hydrogens is 464 g/mol. The van der Waals surface area contributed by atoms with Crippen LogP contribution in [0.1, 0.15) is 42.0 Å². The zero-order valence-corrected chi connectivity index (χ0v) is 20.7. The number of hydrogen-bond donors (Lipinski definition) is 0. The number of amides is 1. The minimum absolute atomic E-state index is 0.00831. The molecule has 0 saturated carbocycles. The highest BCUT2D eigenvalue weighted by Crippen LogP contribution is 2.34. The Morgan fingerprint density at radius 1 is 0.865 bits per heavy atom. The summed E-state index contributed by atoms with van der Waals surface area (Å²) >= 11 is 0. The molecule has 4 aromatic rings. The number of esters is 1. The van der Waals surface area contributed by atoms with Crippen molar-refractivity contribution < 1.29 is 19.1 Å². The number of ether oxygens (including phenoxy) is 2. The van der Waals surface area contributed by atoms with Crippen LogP contribution in [0.25, 0.3) is 10.8 Å². The second-order valence-corrected chi connectivity index (χ2v) is 8.94. The molecule has 0 radical (unpaired) electrons. The molecule has 0 spiro atoms. The van der Waals surface area contributed by atoms with E-state index in [2.05, 4.69) is 5.10 Å². The minimum atomic E-state index is -0.409. The van der Waals surface area contributed by atoms with Crippen molar-refractivity contribution in [2.75, 3.05) is 7.11 Å². The smallest absolute Gasteiger partial charge is 0.306 e. The lowest BCUT2D eigenvalue weighted by atomic mass is 9.98. The normalized spacial score (nSPS) is 14.9. The standard InChI is InChI=1S/C31H28N2O4/c1-36-26-16-14-24(15-17-26)29-20-28(23-9-3-2-4-10-23)32-33(29)30(34)18-19-31(35)37-21-25-12-7-11-22-8-5-6-13-27(22)25/h2-17,29H,18-21H2,1H3/t29-/m0/s1. The van der Waals surface area contributed by atoms with Crippen molar-refractivity contribution in [1.29, 1.82) is 0 Å². The highest BCUT2D eigenvalue weighted by atomic mass is 16.5. The summed E-state index contributed by atoms with van der Waals surface area (Å²) in [4.78, 5) is 25.8. The third-order valence-corrected chi connectivity index (χ3v) is 6.59. The van der Waals surface area contributed by atoms with E-state index < -0.39 is 5.97 Å². The molecule has 6 heteroatoms. The second-order valence-electron chi connectivity index (χ2n) is 8.94. The first kappa shape index (κ1) is 24.3. The maximum Gasteiger partial charge on any atom is 0.306 e. The van der Waals surface area contributed by atoms with Gasteiger partial charge in [0, 0.05) is 12.8 Å². The van der Waals surface area contributed by atoms with Crippen LogP contribution in [0, 0.1) is 0 Å². The quantitative estimate of drug-likeness (QED) is 0.281.